The molecule has 0 N–H and O–H groups in total. The van der Waals surface area contributed by atoms with Crippen molar-refractivity contribution in [3.05, 3.63) is 64.7 Å². The van der Waals surface area contributed by atoms with E-state index in [-0.39, 0.29) is 18.0 Å². The van der Waals surface area contributed by atoms with Gasteiger partial charge in [0.2, 0.25) is 0 Å². The van der Waals surface area contributed by atoms with E-state index >= 15 is 0 Å². The van der Waals surface area contributed by atoms with Gasteiger partial charge in [0.25, 0.3) is 0 Å². The van der Waals surface area contributed by atoms with Crippen molar-refractivity contribution in [2.45, 2.75) is 27.4 Å². The fraction of sp³-hybridized carbons (Fsp3) is 0.292. The second-order valence-electron chi connectivity index (χ2n) is 7.64. The average molecular weight is 407 g/mol. The highest BCUT2D eigenvalue weighted by atomic mass is 16.5. The van der Waals surface area contributed by atoms with Gasteiger partial charge in [-0.25, -0.2) is 4.79 Å². The first-order valence-corrected chi connectivity index (χ1v) is 9.34. The molecule has 2 aromatic rings. The molecule has 6 nitrogen and oxygen atoms in total. The lowest BCUT2D eigenvalue weighted by Crippen LogP contribution is -2.21. The molecule has 0 saturated heterocycles. The highest BCUT2D eigenvalue weighted by Gasteiger charge is 2.25. The number of hydrogen-bond donors (Lipinski definition) is 0. The summed E-state index contributed by atoms with van der Waals surface area (Å²) in [5, 5.41) is 9.36. The van der Waals surface area contributed by atoms with Crippen LogP contribution in [0.15, 0.2) is 48.0 Å². The zero-order valence-corrected chi connectivity index (χ0v) is 17.8. The smallest absolute Gasteiger partial charge is 0.337 e. The predicted octanol–water partition coefficient (Wildman–Crippen LogP) is 4.58. The van der Waals surface area contributed by atoms with Crippen molar-refractivity contribution in [2.75, 3.05) is 14.2 Å². The number of hydrogen-bond acceptors (Lipinski definition) is 6. The lowest BCUT2D eigenvalue weighted by atomic mass is 9.86. The van der Waals surface area contributed by atoms with E-state index in [0.717, 1.165) is 5.56 Å². The van der Waals surface area contributed by atoms with Crippen molar-refractivity contribution in [1.82, 2.24) is 0 Å². The maximum absolute atomic E-state index is 12.4. The summed E-state index contributed by atoms with van der Waals surface area (Å²) in [6.45, 7) is 5.60. The number of carbonyl (C=O) groups is 2. The number of ketones is 1. The normalized spacial score (nSPS) is 11.4. The number of allylic oxidation sites excluding steroid dienone is 1. The molecule has 0 aliphatic carbocycles. The lowest BCUT2D eigenvalue weighted by Gasteiger charge is -2.15. The van der Waals surface area contributed by atoms with E-state index in [4.69, 9.17) is 9.47 Å². The van der Waals surface area contributed by atoms with Gasteiger partial charge < -0.3 is 14.2 Å². The van der Waals surface area contributed by atoms with E-state index in [1.807, 2.05) is 6.07 Å². The van der Waals surface area contributed by atoms with Crippen LogP contribution in [0.25, 0.3) is 6.08 Å². The Morgan fingerprint density at radius 3 is 2.23 bits per heavy atom. The highest BCUT2D eigenvalue weighted by molar-refractivity contribution is 6.06. The largest absolute Gasteiger partial charge is 0.493 e. The number of carbonyl (C=O) groups excluding carboxylic acids is 2. The topological polar surface area (TPSA) is 85.6 Å². The SMILES string of the molecule is COC(=O)c1ccc(COc2ccc(/C=C(\C#N)C(=O)C(C)(C)C)cc2OC)cc1. The highest BCUT2D eigenvalue weighted by Crippen LogP contribution is 2.30. The van der Waals surface area contributed by atoms with Crippen LogP contribution in [0.5, 0.6) is 11.5 Å². The summed E-state index contributed by atoms with van der Waals surface area (Å²) in [5.74, 6) is 0.386. The third-order valence-electron chi connectivity index (χ3n) is 4.31. The van der Waals surface area contributed by atoms with Gasteiger partial charge in [-0.1, -0.05) is 39.0 Å². The summed E-state index contributed by atoms with van der Waals surface area (Å²) in [7, 11) is 2.86. The van der Waals surface area contributed by atoms with Crippen LogP contribution in [-0.2, 0) is 16.1 Å². The van der Waals surface area contributed by atoms with Crippen molar-refractivity contribution in [1.29, 1.82) is 5.26 Å². The van der Waals surface area contributed by atoms with E-state index in [0.29, 0.717) is 22.6 Å². The molecule has 0 aromatic heterocycles. The molecule has 30 heavy (non-hydrogen) atoms. The molecule has 0 radical (unpaired) electrons. The Kier molecular flexibility index (Phi) is 7.38. The van der Waals surface area contributed by atoms with Gasteiger partial charge in [-0.2, -0.15) is 5.26 Å². The predicted molar refractivity (Wildman–Crippen MR) is 113 cm³/mol. The quantitative estimate of drug-likeness (QED) is 0.379. The Morgan fingerprint density at radius 1 is 1.03 bits per heavy atom. The first-order chi connectivity index (χ1) is 14.2. The maximum Gasteiger partial charge on any atom is 0.337 e. The summed E-state index contributed by atoms with van der Waals surface area (Å²) in [4.78, 5) is 23.9. The fourth-order valence-electron chi connectivity index (χ4n) is 2.63. The van der Waals surface area contributed by atoms with Gasteiger partial charge in [-0.05, 0) is 41.5 Å². The number of Topliss-reactive ketones (excluding diaryl/α,β-unsaturated/α-hetero) is 1. The van der Waals surface area contributed by atoms with Gasteiger partial charge in [0, 0.05) is 5.41 Å². The molecule has 2 rings (SSSR count). The van der Waals surface area contributed by atoms with Gasteiger partial charge in [0.15, 0.2) is 17.3 Å². The molecule has 0 heterocycles. The fourth-order valence-corrected chi connectivity index (χ4v) is 2.63. The molecule has 0 amide bonds. The van der Waals surface area contributed by atoms with E-state index in [2.05, 4.69) is 4.74 Å². The molecule has 2 aromatic carbocycles. The summed E-state index contributed by atoms with van der Waals surface area (Å²) in [5.41, 5.74) is 1.45. The number of ether oxygens (including phenoxy) is 3. The van der Waals surface area contributed by atoms with E-state index in [1.165, 1.54) is 14.2 Å². The standard InChI is InChI=1S/C24H25NO5/c1-24(2,3)22(26)19(14-25)12-17-8-11-20(21(13-17)28-4)30-15-16-6-9-18(10-7-16)23(27)29-5/h6-13H,15H2,1-5H3/b19-12+. The molecule has 156 valence electrons. The van der Waals surface area contributed by atoms with Gasteiger partial charge in [0.05, 0.1) is 25.4 Å². The van der Waals surface area contributed by atoms with Crippen LogP contribution < -0.4 is 9.47 Å². The second-order valence-corrected chi connectivity index (χ2v) is 7.64. The van der Waals surface area contributed by atoms with Gasteiger partial charge in [-0.15, -0.1) is 0 Å². The number of nitriles is 1. The van der Waals surface area contributed by atoms with Crippen LogP contribution in [-0.4, -0.2) is 26.0 Å². The Morgan fingerprint density at radius 2 is 1.70 bits per heavy atom. The molecule has 0 unspecified atom stereocenters. The molecule has 0 aliphatic heterocycles. The van der Waals surface area contributed by atoms with Crippen molar-refractivity contribution in [3.63, 3.8) is 0 Å². The van der Waals surface area contributed by atoms with Gasteiger partial charge >= 0.3 is 5.97 Å². The van der Waals surface area contributed by atoms with Gasteiger partial charge in [-0.3, -0.25) is 4.79 Å². The summed E-state index contributed by atoms with van der Waals surface area (Å²) >= 11 is 0. The van der Waals surface area contributed by atoms with E-state index in [1.54, 1.807) is 69.3 Å². The minimum atomic E-state index is -0.641. The van der Waals surface area contributed by atoms with Crippen molar-refractivity contribution >= 4 is 17.8 Å². The summed E-state index contributed by atoms with van der Waals surface area (Å²) in [6, 6.07) is 14.1. The Hall–Kier alpha value is -3.59. The summed E-state index contributed by atoms with van der Waals surface area (Å²) in [6.07, 6.45) is 1.55. The van der Waals surface area contributed by atoms with Crippen molar-refractivity contribution in [2.24, 2.45) is 5.41 Å². The maximum atomic E-state index is 12.4. The number of nitrogens with zero attached hydrogens (tertiary/aromatic N) is 1. The van der Waals surface area contributed by atoms with Crippen LogP contribution in [0, 0.1) is 16.7 Å². The average Bonchev–Trinajstić information content (AvgIpc) is 2.74. The minimum Gasteiger partial charge on any atom is -0.493 e. The Balaban J connectivity index is 2.18. The number of methoxy groups -OCH3 is 2. The van der Waals surface area contributed by atoms with Crippen LogP contribution in [0.2, 0.25) is 0 Å². The Bertz CT molecular complexity index is 992. The molecule has 0 bridgehead atoms. The van der Waals surface area contributed by atoms with Crippen molar-refractivity contribution < 1.29 is 23.8 Å². The van der Waals surface area contributed by atoms with Crippen LogP contribution >= 0.6 is 0 Å². The molecular formula is C24H25NO5. The Labute approximate surface area is 176 Å². The molecule has 0 fully saturated rings. The number of benzene rings is 2. The molecule has 6 heteroatoms. The molecule has 0 atom stereocenters. The third kappa shape index (κ3) is 5.71. The molecule has 0 spiro atoms. The van der Waals surface area contributed by atoms with E-state index in [9.17, 15) is 14.9 Å². The monoisotopic (exact) mass is 407 g/mol. The van der Waals surface area contributed by atoms with Crippen molar-refractivity contribution in [3.8, 4) is 17.6 Å². The summed E-state index contributed by atoms with van der Waals surface area (Å²) < 4.78 is 15.9. The number of esters is 1. The van der Waals surface area contributed by atoms with Crippen LogP contribution in [0.1, 0.15) is 42.3 Å². The molecule has 0 aliphatic rings. The number of rotatable bonds is 7. The van der Waals surface area contributed by atoms with E-state index < -0.39 is 11.4 Å². The first kappa shape index (κ1) is 22.7. The van der Waals surface area contributed by atoms with Crippen LogP contribution in [0.4, 0.5) is 0 Å². The van der Waals surface area contributed by atoms with Crippen LogP contribution in [0.3, 0.4) is 0 Å². The second kappa shape index (κ2) is 9.75. The van der Waals surface area contributed by atoms with Gasteiger partial charge in [0.1, 0.15) is 12.7 Å². The zero-order chi connectivity index (χ0) is 22.3. The third-order valence-corrected chi connectivity index (χ3v) is 4.31. The zero-order valence-electron chi connectivity index (χ0n) is 17.8. The minimum absolute atomic E-state index is 0.0870. The first-order valence-electron chi connectivity index (χ1n) is 9.34. The molecular weight excluding hydrogens is 382 g/mol. The lowest BCUT2D eigenvalue weighted by molar-refractivity contribution is -0.121. The molecule has 0 saturated carbocycles.